The van der Waals surface area contributed by atoms with Gasteiger partial charge in [-0.05, 0) is 31.4 Å². The van der Waals surface area contributed by atoms with E-state index >= 15 is 0 Å². The first-order valence-electron chi connectivity index (χ1n) is 8.07. The van der Waals surface area contributed by atoms with Gasteiger partial charge in [-0.25, -0.2) is 13.2 Å². The van der Waals surface area contributed by atoms with Crippen molar-refractivity contribution in [2.75, 3.05) is 11.5 Å². The van der Waals surface area contributed by atoms with Gasteiger partial charge in [0.05, 0.1) is 29.2 Å². The van der Waals surface area contributed by atoms with Gasteiger partial charge in [0.2, 0.25) is 0 Å². The number of rotatable bonds is 4. The fourth-order valence-corrected chi connectivity index (χ4v) is 5.38. The van der Waals surface area contributed by atoms with Gasteiger partial charge in [-0.1, -0.05) is 12.1 Å². The summed E-state index contributed by atoms with van der Waals surface area (Å²) in [6.45, 7) is 0.477. The summed E-state index contributed by atoms with van der Waals surface area (Å²) in [6.07, 6.45) is 2.87. The number of aromatic nitrogens is 2. The first kappa shape index (κ1) is 15.0. The van der Waals surface area contributed by atoms with Crippen molar-refractivity contribution in [1.29, 1.82) is 0 Å². The zero-order valence-electron chi connectivity index (χ0n) is 13.2. The summed E-state index contributed by atoms with van der Waals surface area (Å²) in [4.78, 5) is 14.8. The van der Waals surface area contributed by atoms with Crippen LogP contribution in [0, 0.1) is 0 Å². The van der Waals surface area contributed by atoms with Gasteiger partial charge in [0, 0.05) is 19.1 Å². The molecule has 0 spiro atoms. The van der Waals surface area contributed by atoms with Crippen molar-refractivity contribution in [2.24, 2.45) is 7.05 Å². The maximum atomic E-state index is 12.6. The lowest BCUT2D eigenvalue weighted by molar-refractivity contribution is 0.154. The average Bonchev–Trinajstić information content (AvgIpc) is 3.26. The van der Waals surface area contributed by atoms with Crippen LogP contribution in [-0.2, 0) is 23.6 Å². The van der Waals surface area contributed by atoms with E-state index in [0.29, 0.717) is 19.1 Å². The van der Waals surface area contributed by atoms with Crippen LogP contribution >= 0.6 is 0 Å². The number of para-hydroxylation sites is 2. The lowest BCUT2D eigenvalue weighted by atomic mass is 10.2. The van der Waals surface area contributed by atoms with E-state index in [1.54, 1.807) is 16.2 Å². The van der Waals surface area contributed by atoms with E-state index in [-0.39, 0.29) is 23.2 Å². The third-order valence-corrected chi connectivity index (χ3v) is 6.80. The molecule has 0 bridgehead atoms. The van der Waals surface area contributed by atoms with Crippen molar-refractivity contribution < 1.29 is 8.42 Å². The quantitative estimate of drug-likeness (QED) is 0.834. The minimum absolute atomic E-state index is 0.0402. The summed E-state index contributed by atoms with van der Waals surface area (Å²) in [5.74, 6) is 0.494. The van der Waals surface area contributed by atoms with E-state index in [9.17, 15) is 13.2 Å². The highest BCUT2D eigenvalue weighted by Gasteiger charge is 2.40. The predicted octanol–water partition coefficient (Wildman–Crippen LogP) is 0.949. The van der Waals surface area contributed by atoms with Crippen LogP contribution in [0.5, 0.6) is 0 Å². The van der Waals surface area contributed by atoms with E-state index in [1.807, 2.05) is 24.3 Å². The summed E-state index contributed by atoms with van der Waals surface area (Å²) in [6, 6.07) is 8.20. The smallest absolute Gasteiger partial charge is 0.295 e. The third-order valence-electron chi connectivity index (χ3n) is 5.05. The molecule has 1 aromatic carbocycles. The molecule has 2 aromatic rings. The van der Waals surface area contributed by atoms with E-state index in [2.05, 4.69) is 4.90 Å². The van der Waals surface area contributed by atoms with Crippen LogP contribution in [0.2, 0.25) is 0 Å². The molecule has 1 unspecified atom stereocenters. The SMILES string of the molecule is Cn1c(=O)n(CN(C2CC2)C2CCS(=O)(=O)C2)c2ccccc21. The van der Waals surface area contributed by atoms with Crippen LogP contribution in [0.1, 0.15) is 19.3 Å². The molecule has 0 N–H and O–H groups in total. The number of imidazole rings is 1. The van der Waals surface area contributed by atoms with Crippen molar-refractivity contribution >= 4 is 20.9 Å². The molecule has 1 aliphatic heterocycles. The standard InChI is InChI=1S/C16H21N3O3S/c1-17-14-4-2-3-5-15(14)19(16(17)20)11-18(12-6-7-12)13-8-9-23(21,22)10-13/h2-5,12-13H,6-11H2,1H3. The molecule has 124 valence electrons. The first-order chi connectivity index (χ1) is 11.0. The second-order valence-corrected chi connectivity index (χ2v) is 8.93. The normalized spacial score (nSPS) is 23.8. The lowest BCUT2D eigenvalue weighted by Gasteiger charge is -2.28. The molecule has 6 nitrogen and oxygen atoms in total. The summed E-state index contributed by atoms with van der Waals surface area (Å²) < 4.78 is 27.1. The number of nitrogens with zero attached hydrogens (tertiary/aromatic N) is 3. The lowest BCUT2D eigenvalue weighted by Crippen LogP contribution is -2.41. The fourth-order valence-electron chi connectivity index (χ4n) is 3.64. The van der Waals surface area contributed by atoms with Crippen molar-refractivity contribution in [2.45, 2.75) is 38.0 Å². The van der Waals surface area contributed by atoms with Crippen LogP contribution in [0.3, 0.4) is 0 Å². The molecule has 1 atom stereocenters. The van der Waals surface area contributed by atoms with Gasteiger partial charge in [0.1, 0.15) is 0 Å². The molecular weight excluding hydrogens is 314 g/mol. The molecule has 1 aromatic heterocycles. The van der Waals surface area contributed by atoms with Crippen LogP contribution in [0.4, 0.5) is 0 Å². The number of fused-ring (bicyclic) bond motifs is 1. The Morgan fingerprint density at radius 1 is 1.13 bits per heavy atom. The van der Waals surface area contributed by atoms with Gasteiger partial charge < -0.3 is 0 Å². The van der Waals surface area contributed by atoms with Gasteiger partial charge in [0.25, 0.3) is 0 Å². The molecule has 2 heterocycles. The molecule has 0 radical (unpaired) electrons. The topological polar surface area (TPSA) is 64.3 Å². The van der Waals surface area contributed by atoms with E-state index in [1.165, 1.54) is 0 Å². The monoisotopic (exact) mass is 335 g/mol. The number of benzene rings is 1. The molecule has 1 aliphatic carbocycles. The van der Waals surface area contributed by atoms with Gasteiger partial charge in [-0.2, -0.15) is 0 Å². The van der Waals surface area contributed by atoms with Crippen LogP contribution in [0.25, 0.3) is 11.0 Å². The second kappa shape index (κ2) is 5.21. The van der Waals surface area contributed by atoms with Gasteiger partial charge in [-0.3, -0.25) is 14.0 Å². The highest BCUT2D eigenvalue weighted by atomic mass is 32.2. The van der Waals surface area contributed by atoms with Crippen molar-refractivity contribution in [3.8, 4) is 0 Å². The molecule has 4 rings (SSSR count). The summed E-state index contributed by atoms with van der Waals surface area (Å²) >= 11 is 0. The van der Waals surface area contributed by atoms with Crippen LogP contribution in [0.15, 0.2) is 29.1 Å². The Morgan fingerprint density at radius 3 is 2.43 bits per heavy atom. The molecule has 2 fully saturated rings. The molecule has 0 amide bonds. The molecule has 2 aliphatic rings. The Bertz CT molecular complexity index is 908. The van der Waals surface area contributed by atoms with Crippen molar-refractivity contribution in [3.05, 3.63) is 34.7 Å². The Balaban J connectivity index is 1.71. The Kier molecular flexibility index (Phi) is 3.39. The predicted molar refractivity (Wildman–Crippen MR) is 89.1 cm³/mol. The number of hydrogen-bond donors (Lipinski definition) is 0. The maximum Gasteiger partial charge on any atom is 0.329 e. The van der Waals surface area contributed by atoms with Crippen molar-refractivity contribution in [3.63, 3.8) is 0 Å². The van der Waals surface area contributed by atoms with Gasteiger partial charge in [0.15, 0.2) is 9.84 Å². The molecular formula is C16H21N3O3S. The highest BCUT2D eigenvalue weighted by Crippen LogP contribution is 2.32. The molecule has 7 heteroatoms. The summed E-state index contributed by atoms with van der Waals surface area (Å²) in [5.41, 5.74) is 1.77. The third kappa shape index (κ3) is 2.61. The Labute approximate surface area is 135 Å². The van der Waals surface area contributed by atoms with E-state index in [4.69, 9.17) is 0 Å². The zero-order chi connectivity index (χ0) is 16.2. The summed E-state index contributed by atoms with van der Waals surface area (Å²) in [5, 5.41) is 0. The minimum atomic E-state index is -2.92. The van der Waals surface area contributed by atoms with E-state index < -0.39 is 9.84 Å². The van der Waals surface area contributed by atoms with E-state index in [0.717, 1.165) is 23.9 Å². The zero-order valence-corrected chi connectivity index (χ0v) is 14.0. The number of aryl methyl sites for hydroxylation is 1. The van der Waals surface area contributed by atoms with Gasteiger partial charge >= 0.3 is 5.69 Å². The molecule has 1 saturated carbocycles. The Hall–Kier alpha value is -1.60. The largest absolute Gasteiger partial charge is 0.329 e. The minimum Gasteiger partial charge on any atom is -0.295 e. The second-order valence-electron chi connectivity index (χ2n) is 6.70. The molecule has 1 saturated heterocycles. The van der Waals surface area contributed by atoms with Crippen molar-refractivity contribution in [1.82, 2.24) is 14.0 Å². The number of sulfone groups is 1. The average molecular weight is 335 g/mol. The fraction of sp³-hybridized carbons (Fsp3) is 0.562. The highest BCUT2D eigenvalue weighted by molar-refractivity contribution is 7.91. The van der Waals surface area contributed by atoms with Crippen LogP contribution < -0.4 is 5.69 Å². The first-order valence-corrected chi connectivity index (χ1v) is 9.89. The van der Waals surface area contributed by atoms with Gasteiger partial charge in [-0.15, -0.1) is 0 Å². The molecule has 23 heavy (non-hydrogen) atoms. The number of hydrogen-bond acceptors (Lipinski definition) is 4. The summed E-state index contributed by atoms with van der Waals surface area (Å²) in [7, 11) is -1.14. The maximum absolute atomic E-state index is 12.6. The van der Waals surface area contributed by atoms with Crippen LogP contribution in [-0.4, -0.2) is 46.0 Å². The Morgan fingerprint density at radius 2 is 1.83 bits per heavy atom.